The normalized spacial score (nSPS) is 21.2. The van der Waals surface area contributed by atoms with Crippen molar-refractivity contribution in [2.75, 3.05) is 6.61 Å². The Morgan fingerprint density at radius 2 is 2.19 bits per heavy atom. The predicted octanol–water partition coefficient (Wildman–Crippen LogP) is 4.03. The fourth-order valence-corrected chi connectivity index (χ4v) is 2.02. The van der Waals surface area contributed by atoms with Crippen LogP contribution in [0.25, 0.3) is 0 Å². The molecule has 0 aromatic heterocycles. The van der Waals surface area contributed by atoms with E-state index in [9.17, 15) is 5.26 Å². The molecular weight excluding hydrogens is 260 g/mol. The number of nitriles is 1. The van der Waals surface area contributed by atoms with Gasteiger partial charge in [-0.2, -0.15) is 5.26 Å². The maximum atomic E-state index is 9.34. The highest BCUT2D eigenvalue weighted by Crippen LogP contribution is 2.25. The number of nitrogens with zero attached hydrogens (tertiary/aromatic N) is 2. The van der Waals surface area contributed by atoms with E-state index in [1.54, 1.807) is 0 Å². The molecule has 0 spiro atoms. The van der Waals surface area contributed by atoms with Gasteiger partial charge in [0.1, 0.15) is 6.07 Å². The van der Waals surface area contributed by atoms with Crippen LogP contribution in [0.2, 0.25) is 0 Å². The average molecular weight is 280 g/mol. The summed E-state index contributed by atoms with van der Waals surface area (Å²) in [6, 6.07) is 12.2. The fraction of sp³-hybridized carbons (Fsp3) is 0.333. The Balaban J connectivity index is 1.97. The van der Waals surface area contributed by atoms with E-state index >= 15 is 0 Å². The highest BCUT2D eigenvalue weighted by molar-refractivity contribution is 5.80. The SMILES string of the molecule is CCCCOC1(C#N)C=CC(N=Cc2ccccc2)=CC1. The largest absolute Gasteiger partial charge is 0.356 e. The van der Waals surface area contributed by atoms with E-state index in [0.717, 1.165) is 24.1 Å². The molecule has 1 unspecified atom stereocenters. The second-order valence-electron chi connectivity index (χ2n) is 5.04. The van der Waals surface area contributed by atoms with E-state index in [1.807, 2.05) is 54.8 Å². The van der Waals surface area contributed by atoms with Crippen LogP contribution in [-0.2, 0) is 4.74 Å². The van der Waals surface area contributed by atoms with Crippen molar-refractivity contribution in [3.63, 3.8) is 0 Å². The third kappa shape index (κ3) is 4.40. The zero-order valence-electron chi connectivity index (χ0n) is 12.3. The van der Waals surface area contributed by atoms with Gasteiger partial charge in [-0.3, -0.25) is 4.99 Å². The monoisotopic (exact) mass is 280 g/mol. The molecule has 0 amide bonds. The number of rotatable bonds is 6. The first-order valence-corrected chi connectivity index (χ1v) is 7.32. The summed E-state index contributed by atoms with van der Waals surface area (Å²) in [5, 5.41) is 9.34. The summed E-state index contributed by atoms with van der Waals surface area (Å²) in [6.07, 6.45) is 10.0. The van der Waals surface area contributed by atoms with Crippen LogP contribution < -0.4 is 0 Å². The number of ether oxygens (including phenoxy) is 1. The Morgan fingerprint density at radius 3 is 2.81 bits per heavy atom. The van der Waals surface area contributed by atoms with E-state index in [0.29, 0.717) is 13.0 Å². The molecule has 1 aliphatic rings. The Morgan fingerprint density at radius 1 is 1.38 bits per heavy atom. The molecule has 1 atom stereocenters. The van der Waals surface area contributed by atoms with Gasteiger partial charge in [-0.25, -0.2) is 0 Å². The van der Waals surface area contributed by atoms with Crippen molar-refractivity contribution in [1.29, 1.82) is 5.26 Å². The van der Waals surface area contributed by atoms with Crippen LogP contribution in [-0.4, -0.2) is 18.4 Å². The van der Waals surface area contributed by atoms with Crippen LogP contribution >= 0.6 is 0 Å². The van der Waals surface area contributed by atoms with Gasteiger partial charge < -0.3 is 4.74 Å². The van der Waals surface area contributed by atoms with Crippen molar-refractivity contribution < 1.29 is 4.74 Å². The molecule has 0 bridgehead atoms. The van der Waals surface area contributed by atoms with Gasteiger partial charge in [0.2, 0.25) is 0 Å². The lowest BCUT2D eigenvalue weighted by molar-refractivity contribution is 0.0326. The summed E-state index contributed by atoms with van der Waals surface area (Å²) < 4.78 is 5.73. The van der Waals surface area contributed by atoms with Gasteiger partial charge in [0.25, 0.3) is 0 Å². The zero-order valence-corrected chi connectivity index (χ0v) is 12.3. The van der Waals surface area contributed by atoms with Gasteiger partial charge in [-0.15, -0.1) is 0 Å². The third-order valence-corrected chi connectivity index (χ3v) is 3.35. The van der Waals surface area contributed by atoms with Crippen LogP contribution in [0.5, 0.6) is 0 Å². The molecule has 108 valence electrons. The Bertz CT molecular complexity index is 581. The Kier molecular flexibility index (Phi) is 5.48. The van der Waals surface area contributed by atoms with Crippen molar-refractivity contribution in [2.24, 2.45) is 4.99 Å². The van der Waals surface area contributed by atoms with E-state index < -0.39 is 5.60 Å². The van der Waals surface area contributed by atoms with Gasteiger partial charge in [0.15, 0.2) is 5.60 Å². The molecule has 0 saturated heterocycles. The lowest BCUT2D eigenvalue weighted by Gasteiger charge is -2.24. The van der Waals surface area contributed by atoms with Gasteiger partial charge in [0, 0.05) is 19.2 Å². The summed E-state index contributed by atoms with van der Waals surface area (Å²) in [7, 11) is 0. The topological polar surface area (TPSA) is 45.4 Å². The molecule has 1 aromatic carbocycles. The van der Waals surface area contributed by atoms with Crippen LogP contribution in [0.4, 0.5) is 0 Å². The Hall–Kier alpha value is -2.18. The molecule has 0 heterocycles. The lowest BCUT2D eigenvalue weighted by Crippen LogP contribution is -2.29. The molecule has 0 saturated carbocycles. The highest BCUT2D eigenvalue weighted by atomic mass is 16.5. The van der Waals surface area contributed by atoms with Crippen molar-refractivity contribution in [2.45, 2.75) is 31.8 Å². The van der Waals surface area contributed by atoms with Crippen molar-refractivity contribution in [1.82, 2.24) is 0 Å². The van der Waals surface area contributed by atoms with Crippen LogP contribution in [0.15, 0.2) is 59.2 Å². The molecule has 1 aromatic rings. The summed E-state index contributed by atoms with van der Waals surface area (Å²) in [6.45, 7) is 2.72. The second-order valence-corrected chi connectivity index (χ2v) is 5.04. The quantitative estimate of drug-likeness (QED) is 0.583. The molecule has 0 radical (unpaired) electrons. The van der Waals surface area contributed by atoms with E-state index in [-0.39, 0.29) is 0 Å². The van der Waals surface area contributed by atoms with Crippen LogP contribution in [0.1, 0.15) is 31.7 Å². The lowest BCUT2D eigenvalue weighted by atomic mass is 9.95. The highest BCUT2D eigenvalue weighted by Gasteiger charge is 2.28. The third-order valence-electron chi connectivity index (χ3n) is 3.35. The van der Waals surface area contributed by atoms with Crippen LogP contribution in [0, 0.1) is 11.3 Å². The maximum absolute atomic E-state index is 9.34. The molecular formula is C18H20N2O. The van der Waals surface area contributed by atoms with Crippen molar-refractivity contribution >= 4 is 6.21 Å². The molecule has 1 aliphatic carbocycles. The molecule has 0 aliphatic heterocycles. The minimum Gasteiger partial charge on any atom is -0.356 e. The smallest absolute Gasteiger partial charge is 0.176 e. The van der Waals surface area contributed by atoms with E-state index in [4.69, 9.17) is 4.74 Å². The predicted molar refractivity (Wildman–Crippen MR) is 85.1 cm³/mol. The standard InChI is InChI=1S/C18H20N2O/c1-2-3-13-21-18(15-19)11-9-17(10-12-18)20-14-16-7-5-4-6-8-16/h4-11,14H,2-3,12-13H2,1H3. The molecule has 3 nitrogen and oxygen atoms in total. The first-order valence-electron chi connectivity index (χ1n) is 7.32. The van der Waals surface area contributed by atoms with Gasteiger partial charge in [0.05, 0.1) is 5.70 Å². The van der Waals surface area contributed by atoms with Gasteiger partial charge in [-0.05, 0) is 24.1 Å². The first kappa shape index (κ1) is 15.2. The molecule has 21 heavy (non-hydrogen) atoms. The summed E-state index contributed by atoms with van der Waals surface area (Å²) in [5.74, 6) is 0. The van der Waals surface area contributed by atoms with Crippen molar-refractivity contribution in [3.05, 3.63) is 59.8 Å². The van der Waals surface area contributed by atoms with Crippen molar-refractivity contribution in [3.8, 4) is 6.07 Å². The summed E-state index contributed by atoms with van der Waals surface area (Å²) in [5.41, 5.74) is 1.10. The molecule has 0 N–H and O–H groups in total. The zero-order chi connectivity index (χ0) is 15.0. The van der Waals surface area contributed by atoms with E-state index in [2.05, 4.69) is 18.0 Å². The molecule has 2 rings (SSSR count). The number of hydrogen-bond acceptors (Lipinski definition) is 3. The summed E-state index contributed by atoms with van der Waals surface area (Å²) >= 11 is 0. The van der Waals surface area contributed by atoms with E-state index in [1.165, 1.54) is 0 Å². The average Bonchev–Trinajstić information content (AvgIpc) is 2.55. The number of aliphatic imine (C=N–C) groups is 1. The van der Waals surface area contributed by atoms with Crippen LogP contribution in [0.3, 0.4) is 0 Å². The number of unbranched alkanes of at least 4 members (excludes halogenated alkanes) is 1. The van der Waals surface area contributed by atoms with Gasteiger partial charge in [-0.1, -0.05) is 49.8 Å². The minimum absolute atomic E-state index is 0.547. The number of benzene rings is 1. The minimum atomic E-state index is -0.819. The second kappa shape index (κ2) is 7.56. The summed E-state index contributed by atoms with van der Waals surface area (Å²) in [4.78, 5) is 4.43. The Labute approximate surface area is 126 Å². The fourth-order valence-electron chi connectivity index (χ4n) is 2.02. The first-order chi connectivity index (χ1) is 10.3. The maximum Gasteiger partial charge on any atom is 0.176 e. The molecule has 0 fully saturated rings. The van der Waals surface area contributed by atoms with Gasteiger partial charge >= 0.3 is 0 Å². The molecule has 3 heteroatoms. The number of allylic oxidation sites excluding steroid dienone is 1. The number of hydrogen-bond donors (Lipinski definition) is 0.